The van der Waals surface area contributed by atoms with Crippen molar-refractivity contribution in [2.24, 2.45) is 0 Å². The molecule has 1 aromatic rings. The van der Waals surface area contributed by atoms with Crippen molar-refractivity contribution in [1.29, 1.82) is 0 Å². The average molecular weight is 184 g/mol. The third kappa shape index (κ3) is 3.00. The van der Waals surface area contributed by atoms with Crippen LogP contribution in [0.3, 0.4) is 0 Å². The smallest absolute Gasteiger partial charge is 0.221 e. The van der Waals surface area contributed by atoms with Crippen molar-refractivity contribution in [2.75, 3.05) is 5.75 Å². The van der Waals surface area contributed by atoms with E-state index in [4.69, 9.17) is 0 Å². The van der Waals surface area contributed by atoms with Crippen molar-refractivity contribution >= 4 is 18.5 Å². The lowest BCUT2D eigenvalue weighted by Gasteiger charge is -2.01. The van der Waals surface area contributed by atoms with Crippen LogP contribution in [0.25, 0.3) is 0 Å². The Labute approximate surface area is 77.0 Å². The van der Waals surface area contributed by atoms with Crippen LogP contribution in [0.2, 0.25) is 0 Å². The summed E-state index contributed by atoms with van der Waals surface area (Å²) in [5.74, 6) is 0.635. The number of nitrogens with one attached hydrogen (secondary N) is 2. The van der Waals surface area contributed by atoms with Gasteiger partial charge in [-0.15, -0.1) is 0 Å². The molecule has 1 aromatic heterocycles. The molecule has 12 heavy (non-hydrogen) atoms. The SMILES string of the molecule is O=C(CCS)NCc1ccc[nH]1. The highest BCUT2D eigenvalue weighted by Crippen LogP contribution is 1.93. The van der Waals surface area contributed by atoms with E-state index in [9.17, 15) is 4.79 Å². The van der Waals surface area contributed by atoms with Crippen molar-refractivity contribution in [3.8, 4) is 0 Å². The van der Waals surface area contributed by atoms with Crippen LogP contribution in [0.4, 0.5) is 0 Å². The first kappa shape index (κ1) is 9.19. The molecule has 2 N–H and O–H groups in total. The predicted octanol–water partition coefficient (Wildman–Crippen LogP) is 0.951. The van der Waals surface area contributed by atoms with Gasteiger partial charge in [-0.05, 0) is 17.9 Å². The van der Waals surface area contributed by atoms with Crippen molar-refractivity contribution in [2.45, 2.75) is 13.0 Å². The number of hydrogen-bond acceptors (Lipinski definition) is 2. The van der Waals surface area contributed by atoms with Crippen molar-refractivity contribution in [1.82, 2.24) is 10.3 Å². The number of thiol groups is 1. The molecule has 0 spiro atoms. The molecule has 66 valence electrons. The number of rotatable bonds is 4. The first-order chi connectivity index (χ1) is 5.83. The lowest BCUT2D eigenvalue weighted by molar-refractivity contribution is -0.120. The van der Waals surface area contributed by atoms with E-state index in [1.54, 1.807) is 0 Å². The standard InChI is InChI=1S/C8H12N2OS/c11-8(3-5-12)10-6-7-2-1-4-9-7/h1-2,4,9,12H,3,5-6H2,(H,10,11). The summed E-state index contributed by atoms with van der Waals surface area (Å²) >= 11 is 3.96. The second-order valence-electron chi connectivity index (χ2n) is 2.45. The zero-order valence-corrected chi connectivity index (χ0v) is 7.60. The summed E-state index contributed by atoms with van der Waals surface area (Å²) < 4.78 is 0. The van der Waals surface area contributed by atoms with E-state index < -0.39 is 0 Å². The Hall–Kier alpha value is -0.900. The topological polar surface area (TPSA) is 44.9 Å². The predicted molar refractivity (Wildman–Crippen MR) is 51.1 cm³/mol. The monoisotopic (exact) mass is 184 g/mol. The highest BCUT2D eigenvalue weighted by atomic mass is 32.1. The minimum atomic E-state index is 0.0413. The Balaban J connectivity index is 2.22. The number of aromatic nitrogens is 1. The molecule has 0 aliphatic heterocycles. The van der Waals surface area contributed by atoms with E-state index in [0.717, 1.165) is 5.69 Å². The summed E-state index contributed by atoms with van der Waals surface area (Å²) in [6.45, 7) is 0.569. The molecule has 0 radical (unpaired) electrons. The molecule has 0 saturated heterocycles. The molecule has 0 unspecified atom stereocenters. The third-order valence-electron chi connectivity index (χ3n) is 1.48. The fraction of sp³-hybridized carbons (Fsp3) is 0.375. The van der Waals surface area contributed by atoms with E-state index in [0.29, 0.717) is 18.7 Å². The largest absolute Gasteiger partial charge is 0.364 e. The normalized spacial score (nSPS) is 9.75. The number of aromatic amines is 1. The summed E-state index contributed by atoms with van der Waals surface area (Å²) in [6.07, 6.45) is 2.31. The zero-order chi connectivity index (χ0) is 8.81. The maximum atomic E-state index is 11.0. The van der Waals surface area contributed by atoms with Gasteiger partial charge in [-0.3, -0.25) is 4.79 Å². The Bertz CT molecular complexity index is 233. The highest BCUT2D eigenvalue weighted by molar-refractivity contribution is 7.80. The fourth-order valence-corrected chi connectivity index (χ4v) is 1.06. The van der Waals surface area contributed by atoms with Gasteiger partial charge >= 0.3 is 0 Å². The number of H-pyrrole nitrogens is 1. The van der Waals surface area contributed by atoms with Crippen LogP contribution in [-0.4, -0.2) is 16.6 Å². The molecule has 0 saturated carbocycles. The van der Waals surface area contributed by atoms with Crippen molar-refractivity contribution in [3.63, 3.8) is 0 Å². The molecule has 0 fully saturated rings. The van der Waals surface area contributed by atoms with Gasteiger partial charge in [0.2, 0.25) is 5.91 Å². The van der Waals surface area contributed by atoms with Gasteiger partial charge in [0.1, 0.15) is 0 Å². The zero-order valence-electron chi connectivity index (χ0n) is 6.71. The van der Waals surface area contributed by atoms with Gasteiger partial charge in [0.15, 0.2) is 0 Å². The fourth-order valence-electron chi connectivity index (χ4n) is 0.861. The van der Waals surface area contributed by atoms with Crippen LogP contribution < -0.4 is 5.32 Å². The molecule has 0 bridgehead atoms. The van der Waals surface area contributed by atoms with Crippen LogP contribution in [0.1, 0.15) is 12.1 Å². The van der Waals surface area contributed by atoms with Gasteiger partial charge in [0, 0.05) is 18.3 Å². The van der Waals surface area contributed by atoms with E-state index in [-0.39, 0.29) is 5.91 Å². The summed E-state index contributed by atoms with van der Waals surface area (Å²) in [5, 5.41) is 2.77. The molecule has 0 atom stereocenters. The molecular formula is C8H12N2OS. The molecule has 4 heteroatoms. The van der Waals surface area contributed by atoms with E-state index in [1.165, 1.54) is 0 Å². The summed E-state index contributed by atoms with van der Waals surface area (Å²) in [6, 6.07) is 3.83. The first-order valence-corrected chi connectivity index (χ1v) is 4.46. The number of hydrogen-bond donors (Lipinski definition) is 3. The van der Waals surface area contributed by atoms with E-state index >= 15 is 0 Å². The summed E-state index contributed by atoms with van der Waals surface area (Å²) in [5.41, 5.74) is 1.02. The number of carbonyl (C=O) groups excluding carboxylic acids is 1. The minimum Gasteiger partial charge on any atom is -0.364 e. The first-order valence-electron chi connectivity index (χ1n) is 3.83. The Kier molecular flexibility index (Phi) is 3.73. The minimum absolute atomic E-state index is 0.0413. The van der Waals surface area contributed by atoms with Gasteiger partial charge < -0.3 is 10.3 Å². The van der Waals surface area contributed by atoms with E-state index in [2.05, 4.69) is 22.9 Å². The van der Waals surface area contributed by atoms with Crippen LogP contribution in [-0.2, 0) is 11.3 Å². The maximum absolute atomic E-state index is 11.0. The number of amides is 1. The second kappa shape index (κ2) is 4.87. The van der Waals surface area contributed by atoms with Gasteiger partial charge in [0.05, 0.1) is 6.54 Å². The Morgan fingerprint density at radius 3 is 3.08 bits per heavy atom. The van der Waals surface area contributed by atoms with Crippen molar-refractivity contribution < 1.29 is 4.79 Å². The molecule has 0 aliphatic carbocycles. The maximum Gasteiger partial charge on any atom is 0.221 e. The van der Waals surface area contributed by atoms with Gasteiger partial charge in [-0.2, -0.15) is 12.6 Å². The van der Waals surface area contributed by atoms with Gasteiger partial charge in [-0.25, -0.2) is 0 Å². The lowest BCUT2D eigenvalue weighted by atomic mass is 10.4. The third-order valence-corrected chi connectivity index (χ3v) is 1.70. The Morgan fingerprint density at radius 1 is 1.67 bits per heavy atom. The molecule has 0 aromatic carbocycles. The highest BCUT2D eigenvalue weighted by Gasteiger charge is 1.98. The summed E-state index contributed by atoms with van der Waals surface area (Å²) in [4.78, 5) is 14.0. The Morgan fingerprint density at radius 2 is 2.50 bits per heavy atom. The van der Waals surface area contributed by atoms with E-state index in [1.807, 2.05) is 18.3 Å². The number of carbonyl (C=O) groups is 1. The quantitative estimate of drug-likeness (QED) is 0.599. The summed E-state index contributed by atoms with van der Waals surface area (Å²) in [7, 11) is 0. The van der Waals surface area contributed by atoms with Crippen LogP contribution >= 0.6 is 12.6 Å². The molecule has 1 rings (SSSR count). The van der Waals surface area contributed by atoms with Gasteiger partial charge in [0.25, 0.3) is 0 Å². The molecule has 0 aliphatic rings. The molecular weight excluding hydrogens is 172 g/mol. The second-order valence-corrected chi connectivity index (χ2v) is 2.89. The molecule has 1 amide bonds. The van der Waals surface area contributed by atoms with Crippen LogP contribution in [0, 0.1) is 0 Å². The average Bonchev–Trinajstić information content (AvgIpc) is 2.53. The van der Waals surface area contributed by atoms with Crippen LogP contribution in [0.5, 0.6) is 0 Å². The van der Waals surface area contributed by atoms with Gasteiger partial charge in [-0.1, -0.05) is 0 Å². The molecule has 1 heterocycles. The van der Waals surface area contributed by atoms with Crippen LogP contribution in [0.15, 0.2) is 18.3 Å². The van der Waals surface area contributed by atoms with Crippen molar-refractivity contribution in [3.05, 3.63) is 24.0 Å². The molecule has 3 nitrogen and oxygen atoms in total. The lowest BCUT2D eigenvalue weighted by Crippen LogP contribution is -2.22.